The maximum absolute atomic E-state index is 12.5. The molecule has 2 fully saturated rings. The van der Waals surface area contributed by atoms with E-state index in [9.17, 15) is 9.59 Å². The van der Waals surface area contributed by atoms with Gasteiger partial charge in [0.05, 0.1) is 13.7 Å². The van der Waals surface area contributed by atoms with Crippen LogP contribution in [0, 0.1) is 0 Å². The number of methoxy groups -OCH3 is 1. The van der Waals surface area contributed by atoms with E-state index in [2.05, 4.69) is 0 Å². The molecule has 1 amide bonds. The molecule has 1 aromatic carbocycles. The van der Waals surface area contributed by atoms with Crippen molar-refractivity contribution >= 4 is 12.1 Å². The molecule has 0 saturated carbocycles. The van der Waals surface area contributed by atoms with E-state index in [0.29, 0.717) is 0 Å². The van der Waals surface area contributed by atoms with Crippen LogP contribution in [-0.4, -0.2) is 54.5 Å². The summed E-state index contributed by atoms with van der Waals surface area (Å²) in [6, 6.07) is 8.58. The van der Waals surface area contributed by atoms with Crippen molar-refractivity contribution in [2.24, 2.45) is 0 Å². The van der Waals surface area contributed by atoms with Gasteiger partial charge in [0.15, 0.2) is 12.3 Å². The number of carbonyl (C=O) groups excluding carboxylic acids is 2. The lowest BCUT2D eigenvalue weighted by Crippen LogP contribution is -2.48. The average Bonchev–Trinajstić information content (AvgIpc) is 3.11. The monoisotopic (exact) mass is 349 g/mol. The van der Waals surface area contributed by atoms with Crippen LogP contribution in [0.1, 0.15) is 32.6 Å². The van der Waals surface area contributed by atoms with Gasteiger partial charge in [-0.25, -0.2) is 9.59 Å². The van der Waals surface area contributed by atoms with Crippen LogP contribution in [0.15, 0.2) is 30.3 Å². The average molecular weight is 349 g/mol. The molecule has 7 heteroatoms. The van der Waals surface area contributed by atoms with Crippen LogP contribution in [-0.2, 0) is 23.7 Å². The number of carbonyl (C=O) groups is 2. The number of hydrogen-bond acceptors (Lipinski definition) is 6. The summed E-state index contributed by atoms with van der Waals surface area (Å²) in [4.78, 5) is 26.1. The summed E-state index contributed by atoms with van der Waals surface area (Å²) in [6.07, 6.45) is -2.16. The molecular weight excluding hydrogens is 326 g/mol. The molecule has 136 valence electrons. The summed E-state index contributed by atoms with van der Waals surface area (Å²) < 4.78 is 22.1. The standard InChI is InChI=1S/C18H23NO6/c1-18(2,3)25-17(21)19-10-12-14(13(19)15(20)22-4)24-16(23-12)11-8-6-5-7-9-11/h5-9,12-14,16H,10H2,1-4H3. The number of benzene rings is 1. The highest BCUT2D eigenvalue weighted by atomic mass is 16.7. The van der Waals surface area contributed by atoms with Gasteiger partial charge in [-0.1, -0.05) is 30.3 Å². The number of hydrogen-bond donors (Lipinski definition) is 0. The molecule has 25 heavy (non-hydrogen) atoms. The first kappa shape index (κ1) is 17.7. The number of esters is 1. The lowest BCUT2D eigenvalue weighted by atomic mass is 10.1. The second-order valence-electron chi connectivity index (χ2n) is 7.12. The highest BCUT2D eigenvalue weighted by Crippen LogP contribution is 2.39. The Morgan fingerprint density at radius 2 is 1.84 bits per heavy atom. The van der Waals surface area contributed by atoms with E-state index in [1.54, 1.807) is 20.8 Å². The fraction of sp³-hybridized carbons (Fsp3) is 0.556. The Bertz CT molecular complexity index is 641. The minimum Gasteiger partial charge on any atom is -0.467 e. The number of ether oxygens (including phenoxy) is 4. The minimum atomic E-state index is -0.890. The van der Waals surface area contributed by atoms with Crippen LogP contribution >= 0.6 is 0 Å². The van der Waals surface area contributed by atoms with Gasteiger partial charge in [-0.15, -0.1) is 0 Å². The summed E-state index contributed by atoms with van der Waals surface area (Å²) in [7, 11) is 1.29. The smallest absolute Gasteiger partial charge is 0.411 e. The molecule has 0 radical (unpaired) electrons. The molecule has 2 aliphatic heterocycles. The molecule has 2 saturated heterocycles. The Kier molecular flexibility index (Phi) is 4.71. The molecule has 0 bridgehead atoms. The fourth-order valence-corrected chi connectivity index (χ4v) is 3.07. The van der Waals surface area contributed by atoms with Gasteiger partial charge in [-0.3, -0.25) is 4.90 Å². The molecule has 1 aromatic rings. The van der Waals surface area contributed by atoms with Crippen molar-refractivity contribution in [2.75, 3.05) is 13.7 Å². The summed E-state index contributed by atoms with van der Waals surface area (Å²) >= 11 is 0. The third-order valence-corrected chi connectivity index (χ3v) is 4.11. The van der Waals surface area contributed by atoms with E-state index >= 15 is 0 Å². The largest absolute Gasteiger partial charge is 0.467 e. The molecule has 0 aromatic heterocycles. The Morgan fingerprint density at radius 3 is 2.44 bits per heavy atom. The molecule has 2 heterocycles. The van der Waals surface area contributed by atoms with Crippen molar-refractivity contribution in [3.63, 3.8) is 0 Å². The highest BCUT2D eigenvalue weighted by Gasteiger charge is 2.56. The number of likely N-dealkylation sites (tertiary alicyclic amines) is 1. The van der Waals surface area contributed by atoms with Gasteiger partial charge in [0.2, 0.25) is 0 Å². The molecule has 2 aliphatic rings. The van der Waals surface area contributed by atoms with Crippen molar-refractivity contribution < 1.29 is 28.5 Å². The van der Waals surface area contributed by atoms with E-state index in [1.807, 2.05) is 30.3 Å². The Balaban J connectivity index is 1.78. The Hall–Kier alpha value is -2.12. The summed E-state index contributed by atoms with van der Waals surface area (Å²) in [5, 5.41) is 0. The predicted octanol–water partition coefficient (Wildman–Crippen LogP) is 2.26. The Morgan fingerprint density at radius 1 is 1.16 bits per heavy atom. The van der Waals surface area contributed by atoms with Crippen molar-refractivity contribution in [2.45, 2.75) is 50.9 Å². The van der Waals surface area contributed by atoms with Gasteiger partial charge in [-0.05, 0) is 20.8 Å². The van der Waals surface area contributed by atoms with Crippen LogP contribution in [0.5, 0.6) is 0 Å². The lowest BCUT2D eigenvalue weighted by molar-refractivity contribution is -0.152. The maximum Gasteiger partial charge on any atom is 0.411 e. The van der Waals surface area contributed by atoms with Crippen LogP contribution in [0.2, 0.25) is 0 Å². The molecule has 4 atom stereocenters. The molecular formula is C18H23NO6. The third-order valence-electron chi connectivity index (χ3n) is 4.11. The number of fused-ring (bicyclic) bond motifs is 1. The fourth-order valence-electron chi connectivity index (χ4n) is 3.07. The molecule has 3 rings (SSSR count). The second-order valence-corrected chi connectivity index (χ2v) is 7.12. The zero-order chi connectivity index (χ0) is 18.2. The van der Waals surface area contributed by atoms with Crippen LogP contribution in [0.4, 0.5) is 4.79 Å². The first-order valence-corrected chi connectivity index (χ1v) is 8.23. The molecule has 0 spiro atoms. The molecule has 4 unspecified atom stereocenters. The van der Waals surface area contributed by atoms with E-state index in [0.717, 1.165) is 5.56 Å². The van der Waals surface area contributed by atoms with Crippen molar-refractivity contribution in [1.82, 2.24) is 4.90 Å². The maximum atomic E-state index is 12.5. The number of rotatable bonds is 2. The van der Waals surface area contributed by atoms with Gasteiger partial charge in [0.25, 0.3) is 0 Å². The molecule has 7 nitrogen and oxygen atoms in total. The zero-order valence-corrected chi connectivity index (χ0v) is 14.8. The van der Waals surface area contributed by atoms with E-state index in [1.165, 1.54) is 12.0 Å². The zero-order valence-electron chi connectivity index (χ0n) is 14.8. The highest BCUT2D eigenvalue weighted by molar-refractivity contribution is 5.83. The summed E-state index contributed by atoms with van der Waals surface area (Å²) in [5.41, 5.74) is 0.202. The first-order valence-electron chi connectivity index (χ1n) is 8.23. The quantitative estimate of drug-likeness (QED) is 0.763. The van der Waals surface area contributed by atoms with Crippen molar-refractivity contribution in [1.29, 1.82) is 0 Å². The van der Waals surface area contributed by atoms with E-state index in [4.69, 9.17) is 18.9 Å². The van der Waals surface area contributed by atoms with Gasteiger partial charge in [-0.2, -0.15) is 0 Å². The molecule has 0 aliphatic carbocycles. The first-order chi connectivity index (χ1) is 11.8. The predicted molar refractivity (Wildman–Crippen MR) is 87.7 cm³/mol. The minimum absolute atomic E-state index is 0.211. The second kappa shape index (κ2) is 6.65. The SMILES string of the molecule is COC(=O)C1C2OC(c3ccccc3)OC2CN1C(=O)OC(C)(C)C. The van der Waals surface area contributed by atoms with E-state index in [-0.39, 0.29) is 6.54 Å². The third kappa shape index (κ3) is 3.62. The van der Waals surface area contributed by atoms with Crippen LogP contribution in [0.25, 0.3) is 0 Å². The Labute approximate surface area is 146 Å². The number of nitrogens with zero attached hydrogens (tertiary/aromatic N) is 1. The normalized spacial score (nSPS) is 28.6. The van der Waals surface area contributed by atoms with Crippen LogP contribution < -0.4 is 0 Å². The van der Waals surface area contributed by atoms with E-state index < -0.39 is 42.2 Å². The van der Waals surface area contributed by atoms with Gasteiger partial charge >= 0.3 is 12.1 Å². The van der Waals surface area contributed by atoms with Gasteiger partial charge in [0, 0.05) is 5.56 Å². The van der Waals surface area contributed by atoms with Gasteiger partial charge < -0.3 is 18.9 Å². The van der Waals surface area contributed by atoms with Crippen molar-refractivity contribution in [3.05, 3.63) is 35.9 Å². The summed E-state index contributed by atoms with van der Waals surface area (Å²) in [6.45, 7) is 5.52. The molecule has 0 N–H and O–H groups in total. The van der Waals surface area contributed by atoms with Gasteiger partial charge in [0.1, 0.15) is 17.8 Å². The van der Waals surface area contributed by atoms with Crippen molar-refractivity contribution in [3.8, 4) is 0 Å². The lowest BCUT2D eigenvalue weighted by Gasteiger charge is -2.29. The number of amides is 1. The summed E-state index contributed by atoms with van der Waals surface area (Å²) in [5.74, 6) is -0.546. The van der Waals surface area contributed by atoms with Crippen LogP contribution in [0.3, 0.4) is 0 Å². The topological polar surface area (TPSA) is 74.3 Å².